The zero-order chi connectivity index (χ0) is 29.3. The summed E-state index contributed by atoms with van der Waals surface area (Å²) in [5, 5.41) is 4.59. The fourth-order valence-corrected chi connectivity index (χ4v) is 5.90. The molecule has 8 rings (SSSR count). The molecule has 7 aromatic carbocycles. The molecule has 8 aromatic rings. The lowest BCUT2D eigenvalue weighted by molar-refractivity contribution is 1.08. The molecule has 0 bridgehead atoms. The van der Waals surface area contributed by atoms with Crippen LogP contribution in [0.15, 0.2) is 164 Å². The predicted octanol–water partition coefficient (Wildman–Crippen LogP) is 10.5. The first-order valence-corrected chi connectivity index (χ1v) is 14.8. The van der Waals surface area contributed by atoms with Crippen molar-refractivity contribution in [1.82, 2.24) is 15.0 Å². The summed E-state index contributed by atoms with van der Waals surface area (Å²) in [6, 6.07) is 57.0. The van der Waals surface area contributed by atoms with Crippen LogP contribution in [0.4, 0.5) is 0 Å². The molecule has 0 radical (unpaired) electrons. The highest BCUT2D eigenvalue weighted by Gasteiger charge is 2.16. The first kappa shape index (κ1) is 25.8. The van der Waals surface area contributed by atoms with Gasteiger partial charge in [0, 0.05) is 16.7 Å². The minimum Gasteiger partial charge on any atom is -0.208 e. The van der Waals surface area contributed by atoms with Gasteiger partial charge in [-0.05, 0) is 62.0 Å². The summed E-state index contributed by atoms with van der Waals surface area (Å²) >= 11 is 0. The average Bonchev–Trinajstić information content (AvgIpc) is 3.11. The predicted molar refractivity (Wildman–Crippen MR) is 182 cm³/mol. The summed E-state index contributed by atoms with van der Waals surface area (Å²) in [6.45, 7) is 0. The van der Waals surface area contributed by atoms with Gasteiger partial charge in [0.05, 0.1) is 0 Å². The van der Waals surface area contributed by atoms with Crippen molar-refractivity contribution in [3.63, 3.8) is 0 Å². The van der Waals surface area contributed by atoms with Gasteiger partial charge in [0.2, 0.25) is 0 Å². The molecule has 3 heteroatoms. The molecule has 0 amide bonds. The second-order valence-electron chi connectivity index (χ2n) is 10.9. The number of fused-ring (bicyclic) bond motifs is 2. The second-order valence-corrected chi connectivity index (χ2v) is 10.9. The summed E-state index contributed by atoms with van der Waals surface area (Å²) in [6.07, 6.45) is 0. The number of hydrogen-bond acceptors (Lipinski definition) is 3. The first-order chi connectivity index (χ1) is 21.8. The molecule has 0 atom stereocenters. The Labute approximate surface area is 256 Å². The molecular weight excluding hydrogens is 534 g/mol. The Balaban J connectivity index is 1.29. The number of rotatable bonds is 5. The standard InChI is InChI=1S/C41H27N3/c1-4-12-28(13-5-1)31-20-21-33-27-34(23-22-32(33)26-31)40-42-39(30-16-8-3-9-17-30)43-41(44-40)38-25-24-35(29-14-6-2-7-15-29)36-18-10-11-19-37(36)38/h1-27H. The van der Waals surface area contributed by atoms with Crippen molar-refractivity contribution in [2.24, 2.45) is 0 Å². The normalized spacial score (nSPS) is 11.2. The zero-order valence-electron chi connectivity index (χ0n) is 23.9. The lowest BCUT2D eigenvalue weighted by Gasteiger charge is -2.13. The van der Waals surface area contributed by atoms with Crippen LogP contribution in [0.5, 0.6) is 0 Å². The minimum absolute atomic E-state index is 0.652. The van der Waals surface area contributed by atoms with E-state index < -0.39 is 0 Å². The Morgan fingerprint density at radius 2 is 0.727 bits per heavy atom. The summed E-state index contributed by atoms with van der Waals surface area (Å²) < 4.78 is 0. The third-order valence-electron chi connectivity index (χ3n) is 8.12. The molecule has 0 unspecified atom stereocenters. The average molecular weight is 562 g/mol. The van der Waals surface area contributed by atoms with Crippen LogP contribution in [0.2, 0.25) is 0 Å². The van der Waals surface area contributed by atoms with E-state index in [1.165, 1.54) is 33.0 Å². The third kappa shape index (κ3) is 4.81. The molecule has 0 fully saturated rings. The number of aromatic nitrogens is 3. The van der Waals surface area contributed by atoms with E-state index in [0.717, 1.165) is 27.5 Å². The second kappa shape index (κ2) is 11.0. The topological polar surface area (TPSA) is 38.7 Å². The van der Waals surface area contributed by atoms with Gasteiger partial charge in [-0.25, -0.2) is 15.0 Å². The van der Waals surface area contributed by atoms with E-state index in [0.29, 0.717) is 17.5 Å². The van der Waals surface area contributed by atoms with Crippen LogP contribution in [-0.4, -0.2) is 15.0 Å². The van der Waals surface area contributed by atoms with Gasteiger partial charge in [-0.1, -0.05) is 146 Å². The number of hydrogen-bond donors (Lipinski definition) is 0. The van der Waals surface area contributed by atoms with Crippen molar-refractivity contribution in [3.05, 3.63) is 164 Å². The van der Waals surface area contributed by atoms with Crippen LogP contribution in [0.1, 0.15) is 0 Å². The highest BCUT2D eigenvalue weighted by Crippen LogP contribution is 2.36. The van der Waals surface area contributed by atoms with Crippen LogP contribution in [-0.2, 0) is 0 Å². The monoisotopic (exact) mass is 561 g/mol. The Kier molecular flexibility index (Phi) is 6.47. The van der Waals surface area contributed by atoms with Gasteiger partial charge >= 0.3 is 0 Å². The SMILES string of the molecule is c1ccc(-c2ccc3cc(-c4nc(-c5ccccc5)nc(-c5ccc(-c6ccccc6)c6ccccc56)n4)ccc3c2)cc1. The van der Waals surface area contributed by atoms with Crippen molar-refractivity contribution < 1.29 is 0 Å². The molecule has 0 aliphatic heterocycles. The number of benzene rings is 7. The molecule has 0 aliphatic rings. The molecule has 0 N–H and O–H groups in total. The summed E-state index contributed by atoms with van der Waals surface area (Å²) in [5.41, 5.74) is 7.67. The highest BCUT2D eigenvalue weighted by atomic mass is 15.0. The summed E-state index contributed by atoms with van der Waals surface area (Å²) in [5.74, 6) is 1.96. The summed E-state index contributed by atoms with van der Waals surface area (Å²) in [4.78, 5) is 15.1. The van der Waals surface area contributed by atoms with E-state index in [2.05, 4.69) is 121 Å². The Morgan fingerprint density at radius 3 is 1.39 bits per heavy atom. The number of nitrogens with zero attached hydrogens (tertiary/aromatic N) is 3. The van der Waals surface area contributed by atoms with Crippen LogP contribution < -0.4 is 0 Å². The third-order valence-corrected chi connectivity index (χ3v) is 8.12. The van der Waals surface area contributed by atoms with Gasteiger partial charge in [-0.2, -0.15) is 0 Å². The fraction of sp³-hybridized carbons (Fsp3) is 0. The molecule has 0 spiro atoms. The molecule has 3 nitrogen and oxygen atoms in total. The molecule has 44 heavy (non-hydrogen) atoms. The van der Waals surface area contributed by atoms with E-state index in [9.17, 15) is 0 Å². The lowest BCUT2D eigenvalue weighted by atomic mass is 9.94. The molecule has 1 heterocycles. The van der Waals surface area contributed by atoms with Gasteiger partial charge in [0.1, 0.15) is 0 Å². The van der Waals surface area contributed by atoms with Gasteiger partial charge in [-0.15, -0.1) is 0 Å². The van der Waals surface area contributed by atoms with Crippen molar-refractivity contribution in [3.8, 4) is 56.4 Å². The van der Waals surface area contributed by atoms with Gasteiger partial charge in [0.25, 0.3) is 0 Å². The lowest BCUT2D eigenvalue weighted by Crippen LogP contribution is -2.00. The molecule has 0 saturated heterocycles. The molecule has 206 valence electrons. The smallest absolute Gasteiger partial charge is 0.164 e. The highest BCUT2D eigenvalue weighted by molar-refractivity contribution is 6.04. The van der Waals surface area contributed by atoms with E-state index in [1.807, 2.05) is 42.5 Å². The zero-order valence-corrected chi connectivity index (χ0v) is 23.9. The van der Waals surface area contributed by atoms with E-state index in [-0.39, 0.29) is 0 Å². The van der Waals surface area contributed by atoms with Crippen molar-refractivity contribution >= 4 is 21.5 Å². The van der Waals surface area contributed by atoms with Gasteiger partial charge in [0.15, 0.2) is 17.5 Å². The van der Waals surface area contributed by atoms with Crippen LogP contribution in [0, 0.1) is 0 Å². The fourth-order valence-electron chi connectivity index (χ4n) is 5.90. The largest absolute Gasteiger partial charge is 0.208 e. The van der Waals surface area contributed by atoms with Crippen LogP contribution >= 0.6 is 0 Å². The van der Waals surface area contributed by atoms with Crippen LogP contribution in [0.3, 0.4) is 0 Å². The van der Waals surface area contributed by atoms with Gasteiger partial charge < -0.3 is 0 Å². The molecular formula is C41H27N3. The Bertz CT molecular complexity index is 2260. The van der Waals surface area contributed by atoms with Crippen molar-refractivity contribution in [2.75, 3.05) is 0 Å². The Hall–Kier alpha value is -5.93. The van der Waals surface area contributed by atoms with E-state index >= 15 is 0 Å². The Morgan fingerprint density at radius 1 is 0.273 bits per heavy atom. The van der Waals surface area contributed by atoms with Gasteiger partial charge in [-0.3, -0.25) is 0 Å². The quantitative estimate of drug-likeness (QED) is 0.210. The van der Waals surface area contributed by atoms with Crippen molar-refractivity contribution in [2.45, 2.75) is 0 Å². The maximum atomic E-state index is 5.10. The maximum absolute atomic E-state index is 5.10. The maximum Gasteiger partial charge on any atom is 0.164 e. The van der Waals surface area contributed by atoms with Crippen molar-refractivity contribution in [1.29, 1.82) is 0 Å². The molecule has 1 aromatic heterocycles. The first-order valence-electron chi connectivity index (χ1n) is 14.8. The molecule has 0 saturated carbocycles. The molecule has 0 aliphatic carbocycles. The van der Waals surface area contributed by atoms with E-state index in [4.69, 9.17) is 15.0 Å². The minimum atomic E-state index is 0.652. The van der Waals surface area contributed by atoms with Crippen LogP contribution in [0.25, 0.3) is 78.0 Å². The summed E-state index contributed by atoms with van der Waals surface area (Å²) in [7, 11) is 0. The van der Waals surface area contributed by atoms with E-state index in [1.54, 1.807) is 0 Å².